The molecule has 0 aromatic heterocycles. The van der Waals surface area contributed by atoms with E-state index in [9.17, 15) is 23.5 Å². The van der Waals surface area contributed by atoms with E-state index < -0.39 is 23.5 Å². The van der Waals surface area contributed by atoms with E-state index in [0.717, 1.165) is 6.07 Å². The highest BCUT2D eigenvalue weighted by atomic mass is 35.5. The van der Waals surface area contributed by atoms with Crippen LogP contribution in [0.3, 0.4) is 0 Å². The van der Waals surface area contributed by atoms with Crippen LogP contribution in [-0.4, -0.2) is 24.1 Å². The number of ether oxygens (including phenoxy) is 1. The van der Waals surface area contributed by atoms with Crippen LogP contribution in [0.5, 0.6) is 5.75 Å². The zero-order chi connectivity index (χ0) is 21.1. The molecule has 3 aromatic carbocycles. The van der Waals surface area contributed by atoms with Crippen LogP contribution in [0.25, 0.3) is 11.1 Å². The molecule has 0 aliphatic heterocycles. The summed E-state index contributed by atoms with van der Waals surface area (Å²) in [7, 11) is 1.37. The molecule has 0 spiro atoms. The summed E-state index contributed by atoms with van der Waals surface area (Å²) in [5.41, 5.74) is -0.0885. The molecule has 3 rings (SSSR count). The minimum Gasteiger partial charge on any atom is -0.497 e. The summed E-state index contributed by atoms with van der Waals surface area (Å²) >= 11 is 6.14. The fourth-order valence-corrected chi connectivity index (χ4v) is 3.01. The average Bonchev–Trinajstić information content (AvgIpc) is 2.69. The lowest BCUT2D eigenvalue weighted by Crippen LogP contribution is -2.17. The number of amides is 1. The molecule has 148 valence electrons. The lowest BCUT2D eigenvalue weighted by atomic mass is 10.0. The fourth-order valence-electron chi connectivity index (χ4n) is 2.75. The average molecular weight is 418 g/mol. The van der Waals surface area contributed by atoms with Crippen molar-refractivity contribution in [2.75, 3.05) is 12.4 Å². The third kappa shape index (κ3) is 4.35. The number of halogens is 3. The summed E-state index contributed by atoms with van der Waals surface area (Å²) in [5.74, 6) is -3.31. The van der Waals surface area contributed by atoms with Crippen LogP contribution in [0.1, 0.15) is 20.7 Å². The summed E-state index contributed by atoms with van der Waals surface area (Å²) in [5, 5.41) is 11.4. The molecule has 1 amide bonds. The highest BCUT2D eigenvalue weighted by molar-refractivity contribution is 6.34. The number of carbonyl (C=O) groups is 2. The molecule has 0 fully saturated rings. The Morgan fingerprint density at radius 3 is 2.28 bits per heavy atom. The predicted molar refractivity (Wildman–Crippen MR) is 105 cm³/mol. The van der Waals surface area contributed by atoms with Gasteiger partial charge in [0, 0.05) is 6.07 Å². The SMILES string of the molecule is COc1cc(F)cc(-c2cc(F)c(NC(=O)c3ccccc3C(=O)O)c(Cl)c2)c1. The first-order valence-corrected chi connectivity index (χ1v) is 8.65. The number of hydrogen-bond acceptors (Lipinski definition) is 3. The van der Waals surface area contributed by atoms with Crippen LogP contribution < -0.4 is 10.1 Å². The van der Waals surface area contributed by atoms with Crippen molar-refractivity contribution < 1.29 is 28.2 Å². The molecule has 0 radical (unpaired) electrons. The van der Waals surface area contributed by atoms with E-state index in [1.165, 1.54) is 55.6 Å². The van der Waals surface area contributed by atoms with E-state index >= 15 is 0 Å². The Morgan fingerprint density at radius 2 is 1.66 bits per heavy atom. The summed E-state index contributed by atoms with van der Waals surface area (Å²) in [6.07, 6.45) is 0. The van der Waals surface area contributed by atoms with Crippen molar-refractivity contribution in [1.82, 2.24) is 0 Å². The van der Waals surface area contributed by atoms with Crippen molar-refractivity contribution in [2.45, 2.75) is 0 Å². The summed E-state index contributed by atoms with van der Waals surface area (Å²) in [6, 6.07) is 11.8. The van der Waals surface area contributed by atoms with Gasteiger partial charge in [0.15, 0.2) is 0 Å². The molecule has 29 heavy (non-hydrogen) atoms. The predicted octanol–water partition coefficient (Wildman–Crippen LogP) is 5.24. The van der Waals surface area contributed by atoms with Gasteiger partial charge in [-0.15, -0.1) is 0 Å². The van der Waals surface area contributed by atoms with Crippen LogP contribution in [0.4, 0.5) is 14.5 Å². The molecule has 0 aliphatic rings. The Balaban J connectivity index is 1.96. The Kier molecular flexibility index (Phi) is 5.79. The van der Waals surface area contributed by atoms with Crippen molar-refractivity contribution in [3.63, 3.8) is 0 Å². The second-order valence-electron chi connectivity index (χ2n) is 6.00. The zero-order valence-electron chi connectivity index (χ0n) is 15.0. The highest BCUT2D eigenvalue weighted by Crippen LogP contribution is 2.34. The van der Waals surface area contributed by atoms with Crippen molar-refractivity contribution in [2.24, 2.45) is 0 Å². The molecule has 3 aromatic rings. The maximum absolute atomic E-state index is 14.7. The third-order valence-electron chi connectivity index (χ3n) is 4.12. The normalized spacial score (nSPS) is 10.5. The minimum absolute atomic E-state index is 0.135. The van der Waals surface area contributed by atoms with E-state index in [0.29, 0.717) is 5.56 Å². The Hall–Kier alpha value is -3.45. The van der Waals surface area contributed by atoms with E-state index in [-0.39, 0.29) is 33.1 Å². The maximum atomic E-state index is 14.7. The topological polar surface area (TPSA) is 75.6 Å². The molecular formula is C21H14ClF2NO4. The van der Waals surface area contributed by atoms with Crippen LogP contribution >= 0.6 is 11.6 Å². The second-order valence-corrected chi connectivity index (χ2v) is 6.41. The van der Waals surface area contributed by atoms with Crippen LogP contribution in [-0.2, 0) is 0 Å². The first-order chi connectivity index (χ1) is 13.8. The number of anilines is 1. The number of methoxy groups -OCH3 is 1. The van der Waals surface area contributed by atoms with Crippen molar-refractivity contribution in [3.05, 3.63) is 82.4 Å². The first-order valence-electron chi connectivity index (χ1n) is 8.28. The molecule has 0 unspecified atom stereocenters. The number of carboxylic acids is 1. The molecule has 0 saturated carbocycles. The first kappa shape index (κ1) is 20.3. The van der Waals surface area contributed by atoms with Gasteiger partial charge in [-0.25, -0.2) is 13.6 Å². The van der Waals surface area contributed by atoms with Gasteiger partial charge >= 0.3 is 5.97 Å². The molecular weight excluding hydrogens is 404 g/mol. The van der Waals surface area contributed by atoms with Gasteiger partial charge in [0.25, 0.3) is 5.91 Å². The number of aromatic carboxylic acids is 1. The number of nitrogens with one attached hydrogen (secondary N) is 1. The van der Waals surface area contributed by atoms with E-state index in [2.05, 4.69) is 5.32 Å². The van der Waals surface area contributed by atoms with Gasteiger partial charge < -0.3 is 15.2 Å². The van der Waals surface area contributed by atoms with E-state index in [4.69, 9.17) is 16.3 Å². The summed E-state index contributed by atoms with van der Waals surface area (Å²) in [6.45, 7) is 0. The van der Waals surface area contributed by atoms with E-state index in [1.807, 2.05) is 0 Å². The van der Waals surface area contributed by atoms with Crippen molar-refractivity contribution >= 4 is 29.2 Å². The van der Waals surface area contributed by atoms with E-state index in [1.54, 1.807) is 0 Å². The fraction of sp³-hybridized carbons (Fsp3) is 0.0476. The molecule has 0 atom stereocenters. The van der Waals surface area contributed by atoms with Crippen LogP contribution in [0, 0.1) is 11.6 Å². The molecule has 0 bridgehead atoms. The number of hydrogen-bond donors (Lipinski definition) is 2. The maximum Gasteiger partial charge on any atom is 0.336 e. The minimum atomic E-state index is -1.29. The van der Waals surface area contributed by atoms with Crippen LogP contribution in [0.15, 0.2) is 54.6 Å². The number of carboxylic acid groups (broad SMARTS) is 1. The molecule has 0 heterocycles. The Labute approximate surface area is 169 Å². The molecule has 5 nitrogen and oxygen atoms in total. The standard InChI is InChI=1S/C21H14ClF2NO4/c1-29-14-7-11(6-13(23)10-14)12-8-17(22)19(18(24)9-12)25-20(26)15-4-2-3-5-16(15)21(27)28/h2-10H,1H3,(H,25,26)(H,27,28). The van der Waals surface area contributed by atoms with Crippen molar-refractivity contribution in [1.29, 1.82) is 0 Å². The smallest absolute Gasteiger partial charge is 0.336 e. The second kappa shape index (κ2) is 8.28. The van der Waals surface area contributed by atoms with Gasteiger partial charge in [0.05, 0.1) is 28.9 Å². The largest absolute Gasteiger partial charge is 0.497 e. The summed E-state index contributed by atoms with van der Waals surface area (Å²) < 4.78 is 33.4. The molecule has 8 heteroatoms. The monoisotopic (exact) mass is 417 g/mol. The Bertz CT molecular complexity index is 1090. The number of benzene rings is 3. The quantitative estimate of drug-likeness (QED) is 0.595. The zero-order valence-corrected chi connectivity index (χ0v) is 15.8. The Morgan fingerprint density at radius 1 is 1.00 bits per heavy atom. The van der Waals surface area contributed by atoms with Gasteiger partial charge in [-0.3, -0.25) is 4.79 Å². The number of rotatable bonds is 5. The van der Waals surface area contributed by atoms with Crippen molar-refractivity contribution in [3.8, 4) is 16.9 Å². The highest BCUT2D eigenvalue weighted by Gasteiger charge is 2.19. The number of carbonyl (C=O) groups excluding carboxylic acids is 1. The lowest BCUT2D eigenvalue weighted by molar-refractivity contribution is 0.0692. The summed E-state index contributed by atoms with van der Waals surface area (Å²) in [4.78, 5) is 23.7. The van der Waals surface area contributed by atoms with Gasteiger partial charge in [0.2, 0.25) is 0 Å². The van der Waals surface area contributed by atoms with Gasteiger partial charge in [-0.05, 0) is 47.5 Å². The molecule has 0 saturated heterocycles. The van der Waals surface area contributed by atoms with Crippen LogP contribution in [0.2, 0.25) is 5.02 Å². The molecule has 2 N–H and O–H groups in total. The lowest BCUT2D eigenvalue weighted by Gasteiger charge is -2.12. The molecule has 0 aliphatic carbocycles. The third-order valence-corrected chi connectivity index (χ3v) is 4.42. The van der Waals surface area contributed by atoms with Gasteiger partial charge in [-0.1, -0.05) is 23.7 Å². The van der Waals surface area contributed by atoms with Gasteiger partial charge in [-0.2, -0.15) is 0 Å². The van der Waals surface area contributed by atoms with Gasteiger partial charge in [0.1, 0.15) is 17.4 Å².